The molecule has 1 unspecified atom stereocenters. The number of rotatable bonds is 12. The van der Waals surface area contributed by atoms with Crippen LogP contribution in [0, 0.1) is 0 Å². The van der Waals surface area contributed by atoms with Crippen LogP contribution in [0.5, 0.6) is 0 Å². The van der Waals surface area contributed by atoms with Gasteiger partial charge in [-0.05, 0) is 12.8 Å². The number of hydrogen-bond acceptors (Lipinski definition) is 2. The van der Waals surface area contributed by atoms with Gasteiger partial charge < -0.3 is 4.74 Å². The second kappa shape index (κ2) is 11.0. The quantitative estimate of drug-likeness (QED) is 0.0861. The van der Waals surface area contributed by atoms with Crippen molar-refractivity contribution < 1.29 is 39.3 Å². The summed E-state index contributed by atoms with van der Waals surface area (Å²) in [6, 6.07) is 0. The molecule has 0 aromatic carbocycles. The second-order valence-corrected chi connectivity index (χ2v) is 8.82. The summed E-state index contributed by atoms with van der Waals surface area (Å²) in [5.41, 5.74) is 0. The minimum atomic E-state index is -10.7. The molecule has 0 fully saturated rings. The molecule has 0 saturated carbocycles. The number of imidazole rings is 1. The van der Waals surface area contributed by atoms with E-state index in [9.17, 15) is 30.0 Å². The predicted octanol–water partition coefficient (Wildman–Crippen LogP) is 6.93. The number of esters is 1. The first-order valence-electron chi connectivity index (χ1n) is 9.51. The topological polar surface area (TPSA) is 35.1 Å². The van der Waals surface area contributed by atoms with E-state index in [2.05, 4.69) is 18.1 Å². The summed E-state index contributed by atoms with van der Waals surface area (Å²) >= 11 is 0. The Kier molecular flexibility index (Phi) is 10.4. The van der Waals surface area contributed by atoms with Gasteiger partial charge in [-0.1, -0.05) is 52.0 Å². The van der Waals surface area contributed by atoms with E-state index >= 15 is 0 Å². The standard InChI is InChI=1S/C18H31N2O2.F6P/c1-4-6-7-8-9-10-11-12-17(22-18(21)5-2)15-20-14-13-19(3)16-20;1-7(2,3,4,5)6/h5,13-14,16-17H,2,4,6-12,15H2,1,3H3;/q+1;-1. The summed E-state index contributed by atoms with van der Waals surface area (Å²) < 4.78 is 68.7. The fourth-order valence-electron chi connectivity index (χ4n) is 2.57. The van der Waals surface area contributed by atoms with E-state index in [1.165, 1.54) is 44.6 Å². The zero-order valence-electron chi connectivity index (χ0n) is 16.9. The Labute approximate surface area is 167 Å². The van der Waals surface area contributed by atoms with Crippen LogP contribution in [0.15, 0.2) is 31.4 Å². The molecule has 0 radical (unpaired) electrons. The molecule has 0 amide bonds. The molecule has 1 atom stereocenters. The van der Waals surface area contributed by atoms with Crippen molar-refractivity contribution in [3.8, 4) is 0 Å². The fourth-order valence-corrected chi connectivity index (χ4v) is 2.57. The maximum absolute atomic E-state index is 11.5. The Morgan fingerprint density at radius 2 is 1.62 bits per heavy atom. The average Bonchev–Trinajstić information content (AvgIpc) is 2.95. The van der Waals surface area contributed by atoms with Gasteiger partial charge in [-0.2, -0.15) is 0 Å². The molecule has 1 heterocycles. The van der Waals surface area contributed by atoms with Crippen LogP contribution in [-0.2, 0) is 23.1 Å². The molecular formula is C18H31F6N2O2P. The zero-order chi connectivity index (χ0) is 22.6. The first-order chi connectivity index (χ1) is 13.1. The Hall–Kier alpha value is -1.57. The monoisotopic (exact) mass is 452 g/mol. The second-order valence-electron chi connectivity index (χ2n) is 6.91. The number of ether oxygens (including phenoxy) is 1. The predicted molar refractivity (Wildman–Crippen MR) is 102 cm³/mol. The van der Waals surface area contributed by atoms with Crippen LogP contribution >= 0.6 is 7.81 Å². The first kappa shape index (κ1) is 27.4. The third kappa shape index (κ3) is 22.6. The summed E-state index contributed by atoms with van der Waals surface area (Å²) in [6.07, 6.45) is 16.9. The molecule has 0 N–H and O–H groups in total. The van der Waals surface area contributed by atoms with E-state index in [1.54, 1.807) is 0 Å². The molecule has 4 nitrogen and oxygen atoms in total. The van der Waals surface area contributed by atoms with Gasteiger partial charge >= 0.3 is 39.0 Å². The molecular weight excluding hydrogens is 421 g/mol. The molecule has 1 rings (SSSR count). The van der Waals surface area contributed by atoms with Crippen LogP contribution < -0.4 is 4.57 Å². The van der Waals surface area contributed by atoms with Crippen molar-refractivity contribution in [3.05, 3.63) is 31.4 Å². The average molecular weight is 452 g/mol. The van der Waals surface area contributed by atoms with Gasteiger partial charge in [-0.25, -0.2) is 13.9 Å². The van der Waals surface area contributed by atoms with E-state index in [1.807, 2.05) is 30.3 Å². The van der Waals surface area contributed by atoms with Crippen LogP contribution in [-0.4, -0.2) is 16.6 Å². The molecule has 1 aromatic rings. The van der Waals surface area contributed by atoms with Gasteiger partial charge in [-0.3, -0.25) is 0 Å². The van der Waals surface area contributed by atoms with Crippen molar-refractivity contribution in [2.45, 2.75) is 70.9 Å². The van der Waals surface area contributed by atoms with E-state index in [4.69, 9.17) is 4.74 Å². The summed E-state index contributed by atoms with van der Waals surface area (Å²) in [6.45, 7) is 6.42. The van der Waals surface area contributed by atoms with E-state index in [-0.39, 0.29) is 12.1 Å². The van der Waals surface area contributed by atoms with Crippen LogP contribution in [0.25, 0.3) is 0 Å². The molecule has 11 heteroatoms. The number of nitrogens with zero attached hydrogens (tertiary/aromatic N) is 2. The first-order valence-corrected chi connectivity index (χ1v) is 11.5. The number of halogens is 6. The number of aryl methyl sites for hydroxylation is 1. The third-order valence-electron chi connectivity index (χ3n) is 3.82. The van der Waals surface area contributed by atoms with Crippen molar-refractivity contribution in [1.29, 1.82) is 0 Å². The van der Waals surface area contributed by atoms with Crippen LogP contribution in [0.1, 0.15) is 58.3 Å². The summed E-state index contributed by atoms with van der Waals surface area (Å²) in [5.74, 6) is -0.329. The minimum absolute atomic E-state index is 0.0754. The Balaban J connectivity index is 0.000000956. The van der Waals surface area contributed by atoms with Gasteiger partial charge in [0.1, 0.15) is 25.0 Å². The normalized spacial score (nSPS) is 14.8. The molecule has 0 spiro atoms. The van der Waals surface area contributed by atoms with E-state index in [0.717, 1.165) is 12.8 Å². The van der Waals surface area contributed by atoms with Gasteiger partial charge in [0.15, 0.2) is 0 Å². The van der Waals surface area contributed by atoms with Gasteiger partial charge in [0.25, 0.3) is 0 Å². The van der Waals surface area contributed by atoms with E-state index in [0.29, 0.717) is 6.54 Å². The molecule has 1 aromatic heterocycles. The number of hydrogen-bond donors (Lipinski definition) is 0. The zero-order valence-corrected chi connectivity index (χ0v) is 17.8. The molecule has 0 aliphatic heterocycles. The van der Waals surface area contributed by atoms with Gasteiger partial charge in [0.2, 0.25) is 6.33 Å². The molecule has 0 saturated heterocycles. The maximum atomic E-state index is 11.5. The molecule has 0 aliphatic rings. The molecule has 29 heavy (non-hydrogen) atoms. The summed E-state index contributed by atoms with van der Waals surface area (Å²) in [4.78, 5) is 11.5. The van der Waals surface area contributed by atoms with Crippen LogP contribution in [0.4, 0.5) is 25.2 Å². The van der Waals surface area contributed by atoms with Gasteiger partial charge in [0, 0.05) is 6.08 Å². The Morgan fingerprint density at radius 1 is 1.10 bits per heavy atom. The van der Waals surface area contributed by atoms with Gasteiger partial charge in [0.05, 0.1) is 7.05 Å². The number of carbonyl (C=O) groups is 1. The van der Waals surface area contributed by atoms with Crippen LogP contribution in [0.3, 0.4) is 0 Å². The summed E-state index contributed by atoms with van der Waals surface area (Å²) in [7, 11) is -8.67. The molecule has 0 bridgehead atoms. The van der Waals surface area contributed by atoms with Crippen LogP contribution in [0.2, 0.25) is 0 Å². The molecule has 172 valence electrons. The Morgan fingerprint density at radius 3 is 2.07 bits per heavy atom. The Bertz CT molecular complexity index is 620. The van der Waals surface area contributed by atoms with Crippen molar-refractivity contribution in [1.82, 2.24) is 4.57 Å². The van der Waals surface area contributed by atoms with E-state index < -0.39 is 7.81 Å². The third-order valence-corrected chi connectivity index (χ3v) is 3.82. The van der Waals surface area contributed by atoms with Crippen molar-refractivity contribution in [2.24, 2.45) is 7.05 Å². The summed E-state index contributed by atoms with van der Waals surface area (Å²) in [5, 5.41) is 0. The van der Waals surface area contributed by atoms with Crippen molar-refractivity contribution >= 4 is 13.8 Å². The fraction of sp³-hybridized carbons (Fsp3) is 0.667. The van der Waals surface area contributed by atoms with Crippen molar-refractivity contribution in [2.75, 3.05) is 0 Å². The van der Waals surface area contributed by atoms with Gasteiger partial charge in [-0.15, -0.1) is 0 Å². The van der Waals surface area contributed by atoms with Crippen molar-refractivity contribution in [3.63, 3.8) is 0 Å². The SMILES string of the molecule is C=CC(=O)OC(CCCCCCCCC)C[n+]1ccn(C)c1.F[P-](F)(F)(F)(F)F. The number of aromatic nitrogens is 2. The number of unbranched alkanes of at least 4 members (excludes halogenated alkanes) is 6. The molecule has 0 aliphatic carbocycles. The number of carbonyl (C=O) groups excluding carboxylic acids is 1.